The molecule has 1 aliphatic heterocycles. The van der Waals surface area contributed by atoms with Gasteiger partial charge in [-0.1, -0.05) is 42.9 Å². The van der Waals surface area contributed by atoms with Crippen LogP contribution in [0.2, 0.25) is 0 Å². The van der Waals surface area contributed by atoms with Crippen molar-refractivity contribution in [3.8, 4) is 0 Å². The Kier molecular flexibility index (Phi) is 7.29. The Morgan fingerprint density at radius 1 is 1.17 bits per heavy atom. The van der Waals surface area contributed by atoms with E-state index in [4.69, 9.17) is 0 Å². The molecule has 1 aliphatic rings. The van der Waals surface area contributed by atoms with E-state index in [-0.39, 0.29) is 27.7 Å². The van der Waals surface area contributed by atoms with Gasteiger partial charge in [-0.05, 0) is 31.4 Å². The highest BCUT2D eigenvalue weighted by atomic mass is 32.1. The van der Waals surface area contributed by atoms with Crippen LogP contribution < -0.4 is 10.6 Å². The summed E-state index contributed by atoms with van der Waals surface area (Å²) in [5, 5.41) is 13.7. The van der Waals surface area contributed by atoms with E-state index >= 15 is 0 Å². The lowest BCUT2D eigenvalue weighted by Crippen LogP contribution is -2.45. The predicted octanol–water partition coefficient (Wildman–Crippen LogP) is 2.56. The van der Waals surface area contributed by atoms with Crippen LogP contribution in [-0.4, -0.2) is 52.5 Å². The predicted molar refractivity (Wildman–Crippen MR) is 111 cm³/mol. The Labute approximate surface area is 173 Å². The Morgan fingerprint density at radius 2 is 1.93 bits per heavy atom. The van der Waals surface area contributed by atoms with Crippen LogP contribution in [-0.2, 0) is 4.79 Å². The molecule has 0 aliphatic carbocycles. The molecule has 3 rings (SSSR count). The summed E-state index contributed by atoms with van der Waals surface area (Å²) in [4.78, 5) is 39.1. The first-order valence-electron chi connectivity index (χ1n) is 9.85. The van der Waals surface area contributed by atoms with Crippen LogP contribution in [0.15, 0.2) is 30.3 Å². The van der Waals surface area contributed by atoms with Gasteiger partial charge < -0.3 is 15.5 Å². The summed E-state index contributed by atoms with van der Waals surface area (Å²) in [5.74, 6) is -0.902. The van der Waals surface area contributed by atoms with E-state index in [1.54, 1.807) is 17.0 Å². The first kappa shape index (κ1) is 20.9. The van der Waals surface area contributed by atoms with Crippen molar-refractivity contribution < 1.29 is 14.4 Å². The Balaban J connectivity index is 1.59. The summed E-state index contributed by atoms with van der Waals surface area (Å²) in [6.45, 7) is 3.67. The van der Waals surface area contributed by atoms with Gasteiger partial charge in [0.15, 0.2) is 0 Å². The molecule has 154 valence electrons. The van der Waals surface area contributed by atoms with Gasteiger partial charge in [-0.25, -0.2) is 0 Å². The van der Waals surface area contributed by atoms with Crippen LogP contribution in [0, 0.1) is 5.92 Å². The van der Waals surface area contributed by atoms with Gasteiger partial charge in [0, 0.05) is 25.3 Å². The third-order valence-electron chi connectivity index (χ3n) is 4.74. The van der Waals surface area contributed by atoms with Gasteiger partial charge in [0.2, 0.25) is 15.9 Å². The van der Waals surface area contributed by atoms with Gasteiger partial charge in [0.05, 0.1) is 5.92 Å². The molecule has 1 atom stereocenters. The lowest BCUT2D eigenvalue weighted by Gasteiger charge is -2.31. The molecule has 29 heavy (non-hydrogen) atoms. The van der Waals surface area contributed by atoms with Crippen molar-refractivity contribution in [3.05, 3.63) is 40.3 Å². The van der Waals surface area contributed by atoms with E-state index in [0.717, 1.165) is 37.0 Å². The Morgan fingerprint density at radius 3 is 2.69 bits per heavy atom. The van der Waals surface area contributed by atoms with Crippen molar-refractivity contribution in [2.45, 2.75) is 32.6 Å². The largest absolute Gasteiger partial charge is 0.356 e. The zero-order chi connectivity index (χ0) is 20.6. The molecule has 1 saturated heterocycles. The number of para-hydroxylation sites is 1. The third-order valence-corrected chi connectivity index (χ3v) is 5.65. The molecular weight excluding hydrogens is 390 g/mol. The topological polar surface area (TPSA) is 104 Å². The Hall–Kier alpha value is -2.81. The number of aromatic nitrogens is 2. The summed E-state index contributed by atoms with van der Waals surface area (Å²) in [6.07, 6.45) is 3.49. The number of piperidine rings is 1. The van der Waals surface area contributed by atoms with Gasteiger partial charge >= 0.3 is 0 Å². The molecular formula is C20H25N5O3S. The minimum Gasteiger partial charge on any atom is -0.356 e. The van der Waals surface area contributed by atoms with E-state index in [9.17, 15) is 14.4 Å². The highest BCUT2D eigenvalue weighted by molar-refractivity contribution is 7.15. The van der Waals surface area contributed by atoms with Crippen LogP contribution >= 0.6 is 11.3 Å². The van der Waals surface area contributed by atoms with E-state index in [2.05, 4.69) is 27.8 Å². The highest BCUT2D eigenvalue weighted by Crippen LogP contribution is 2.21. The molecule has 0 saturated carbocycles. The van der Waals surface area contributed by atoms with Gasteiger partial charge in [-0.3, -0.25) is 14.4 Å². The minimum absolute atomic E-state index is 0.00357. The molecule has 0 spiro atoms. The molecule has 2 heterocycles. The highest BCUT2D eigenvalue weighted by Gasteiger charge is 2.30. The number of rotatable bonds is 7. The fraction of sp³-hybridized carbons (Fsp3) is 0.450. The van der Waals surface area contributed by atoms with E-state index in [1.807, 2.05) is 18.2 Å². The number of carbonyl (C=O) groups is 3. The van der Waals surface area contributed by atoms with Gasteiger partial charge in [-0.2, -0.15) is 0 Å². The van der Waals surface area contributed by atoms with E-state index < -0.39 is 5.91 Å². The number of carbonyl (C=O) groups excluding carboxylic acids is 3. The Bertz CT molecular complexity index is 855. The number of anilines is 1. The van der Waals surface area contributed by atoms with E-state index in [1.165, 1.54) is 0 Å². The van der Waals surface area contributed by atoms with Crippen molar-refractivity contribution in [1.82, 2.24) is 20.4 Å². The monoisotopic (exact) mass is 415 g/mol. The van der Waals surface area contributed by atoms with Crippen molar-refractivity contribution in [1.29, 1.82) is 0 Å². The van der Waals surface area contributed by atoms with Crippen LogP contribution in [0.25, 0.3) is 0 Å². The minimum atomic E-state index is -0.403. The molecule has 1 aromatic heterocycles. The van der Waals surface area contributed by atoms with E-state index in [0.29, 0.717) is 25.3 Å². The molecule has 8 nitrogen and oxygen atoms in total. The molecule has 1 fully saturated rings. The van der Waals surface area contributed by atoms with Crippen molar-refractivity contribution in [3.63, 3.8) is 0 Å². The number of amides is 3. The quantitative estimate of drug-likeness (QED) is 0.677. The van der Waals surface area contributed by atoms with Crippen LogP contribution in [0.5, 0.6) is 0 Å². The van der Waals surface area contributed by atoms with Gasteiger partial charge in [-0.15, -0.1) is 10.2 Å². The summed E-state index contributed by atoms with van der Waals surface area (Å²) in [6, 6.07) is 9.02. The number of nitrogens with zero attached hydrogens (tertiary/aromatic N) is 3. The molecule has 0 bridgehead atoms. The lowest BCUT2D eigenvalue weighted by molar-refractivity contribution is -0.126. The molecule has 1 aromatic carbocycles. The second-order valence-corrected chi connectivity index (χ2v) is 7.94. The number of hydrogen-bond acceptors (Lipinski definition) is 6. The number of benzene rings is 1. The SMILES string of the molecule is CCCCNC(=O)[C@H]1CCCN(C(=O)c2nnc(C(=O)Nc3ccccc3)s2)C1. The van der Waals surface area contributed by atoms with Gasteiger partial charge in [0.25, 0.3) is 11.8 Å². The summed E-state index contributed by atoms with van der Waals surface area (Å²) >= 11 is 0.962. The van der Waals surface area contributed by atoms with Crippen molar-refractivity contribution in [2.24, 2.45) is 5.92 Å². The smallest absolute Gasteiger partial charge is 0.286 e. The molecule has 3 amide bonds. The standard InChI is InChI=1S/C20H25N5O3S/c1-2-3-11-21-16(26)14-8-7-12-25(13-14)20(28)19-24-23-18(29-19)17(27)22-15-9-5-4-6-10-15/h4-6,9-10,14H,2-3,7-8,11-13H2,1H3,(H,21,26)(H,22,27)/t14-/m0/s1. The molecule has 0 radical (unpaired) electrons. The average molecular weight is 416 g/mol. The summed E-state index contributed by atoms with van der Waals surface area (Å²) in [7, 11) is 0. The number of nitrogens with one attached hydrogen (secondary N) is 2. The first-order valence-corrected chi connectivity index (χ1v) is 10.7. The second-order valence-electron chi connectivity index (χ2n) is 6.97. The fourth-order valence-electron chi connectivity index (χ4n) is 3.15. The van der Waals surface area contributed by atoms with Crippen LogP contribution in [0.1, 0.15) is 52.2 Å². The molecule has 2 aromatic rings. The lowest BCUT2D eigenvalue weighted by atomic mass is 9.97. The molecule has 9 heteroatoms. The molecule has 0 unspecified atom stereocenters. The summed E-state index contributed by atoms with van der Waals surface area (Å²) < 4.78 is 0. The van der Waals surface area contributed by atoms with Crippen molar-refractivity contribution in [2.75, 3.05) is 25.0 Å². The van der Waals surface area contributed by atoms with Crippen LogP contribution in [0.4, 0.5) is 5.69 Å². The normalized spacial score (nSPS) is 16.3. The zero-order valence-electron chi connectivity index (χ0n) is 16.4. The maximum atomic E-state index is 12.8. The number of unbranched alkanes of at least 4 members (excludes halogenated alkanes) is 1. The third kappa shape index (κ3) is 5.60. The first-order chi connectivity index (χ1) is 14.1. The molecule has 2 N–H and O–H groups in total. The average Bonchev–Trinajstić information content (AvgIpc) is 3.24. The maximum Gasteiger partial charge on any atom is 0.286 e. The fourth-order valence-corrected chi connectivity index (χ4v) is 3.86. The second kappa shape index (κ2) is 10.1. The zero-order valence-corrected chi connectivity index (χ0v) is 17.2. The van der Waals surface area contributed by atoms with Crippen LogP contribution in [0.3, 0.4) is 0 Å². The number of likely N-dealkylation sites (tertiary alicyclic amines) is 1. The van der Waals surface area contributed by atoms with Crippen molar-refractivity contribution >= 4 is 34.7 Å². The number of hydrogen-bond donors (Lipinski definition) is 2. The van der Waals surface area contributed by atoms with Gasteiger partial charge in [0.1, 0.15) is 0 Å². The summed E-state index contributed by atoms with van der Waals surface area (Å²) in [5.41, 5.74) is 0.647. The maximum absolute atomic E-state index is 12.8.